The minimum absolute atomic E-state index is 0.156. The lowest BCUT2D eigenvalue weighted by molar-refractivity contribution is -0.0594. The number of aryl methyl sites for hydroxylation is 1. The molecular weight excluding hydrogens is 466 g/mol. The molecule has 200 valence electrons. The van der Waals surface area contributed by atoms with Gasteiger partial charge >= 0.3 is 0 Å². The molecule has 4 rings (SSSR count). The van der Waals surface area contributed by atoms with Gasteiger partial charge in [0.2, 0.25) is 5.88 Å². The summed E-state index contributed by atoms with van der Waals surface area (Å²) in [6.45, 7) is 11.0. The fraction of sp³-hybridized carbons (Fsp3) is 0.500. The lowest BCUT2D eigenvalue weighted by atomic mass is 10.1. The molecule has 1 N–H and O–H groups in total. The average Bonchev–Trinajstić information content (AvgIpc) is 3.52. The molecule has 2 atom stereocenters. The van der Waals surface area contributed by atoms with Crippen molar-refractivity contribution < 1.29 is 19.3 Å². The van der Waals surface area contributed by atoms with Crippen molar-refractivity contribution in [3.05, 3.63) is 71.9 Å². The van der Waals surface area contributed by atoms with Gasteiger partial charge in [0.05, 0.1) is 41.4 Å². The third-order valence-corrected chi connectivity index (χ3v) is 6.36. The summed E-state index contributed by atoms with van der Waals surface area (Å²) in [7, 11) is 0. The number of rotatable bonds is 12. The molecule has 0 aliphatic carbocycles. The molecule has 1 aliphatic heterocycles. The van der Waals surface area contributed by atoms with Gasteiger partial charge in [-0.25, -0.2) is 4.68 Å². The molecule has 0 amide bonds. The summed E-state index contributed by atoms with van der Waals surface area (Å²) in [5.74, 6) is 1.46. The van der Waals surface area contributed by atoms with E-state index in [0.29, 0.717) is 19.0 Å². The van der Waals surface area contributed by atoms with Crippen molar-refractivity contribution in [2.75, 3.05) is 26.3 Å². The van der Waals surface area contributed by atoms with Gasteiger partial charge in [0, 0.05) is 26.2 Å². The zero-order valence-corrected chi connectivity index (χ0v) is 22.6. The van der Waals surface area contributed by atoms with E-state index in [2.05, 4.69) is 11.8 Å². The van der Waals surface area contributed by atoms with E-state index in [-0.39, 0.29) is 18.3 Å². The van der Waals surface area contributed by atoms with Crippen molar-refractivity contribution >= 4 is 0 Å². The second-order valence-corrected chi connectivity index (χ2v) is 10.7. The molecule has 1 saturated heterocycles. The van der Waals surface area contributed by atoms with Gasteiger partial charge in [-0.1, -0.05) is 43.3 Å². The van der Waals surface area contributed by atoms with Gasteiger partial charge < -0.3 is 19.3 Å². The highest BCUT2D eigenvalue weighted by molar-refractivity contribution is 5.43. The Morgan fingerprint density at radius 2 is 1.81 bits per heavy atom. The molecule has 3 aromatic rings. The zero-order valence-electron chi connectivity index (χ0n) is 22.6. The molecular formula is C30H41N3O4. The van der Waals surface area contributed by atoms with Crippen LogP contribution in [0, 0.1) is 0 Å². The monoisotopic (exact) mass is 507 g/mol. The number of aliphatic hydroxyl groups is 1. The van der Waals surface area contributed by atoms with Crippen molar-refractivity contribution in [2.24, 2.45) is 0 Å². The molecule has 2 aromatic carbocycles. The highest BCUT2D eigenvalue weighted by Crippen LogP contribution is 2.32. The number of aliphatic hydroxyl groups excluding tert-OH is 1. The van der Waals surface area contributed by atoms with Crippen molar-refractivity contribution in [2.45, 2.75) is 71.3 Å². The SMILES string of the molecule is CCc1nn(-c2ccccc2)c(Oc2ccccc2)c1CN(CC(O)COC(C)(C)C)CC1CCCO1. The maximum Gasteiger partial charge on any atom is 0.227 e. The minimum atomic E-state index is -0.617. The second-order valence-electron chi connectivity index (χ2n) is 10.7. The molecule has 7 nitrogen and oxygen atoms in total. The quantitative estimate of drug-likeness (QED) is 0.355. The number of para-hydroxylation sites is 2. The smallest absolute Gasteiger partial charge is 0.227 e. The van der Waals surface area contributed by atoms with Gasteiger partial charge in [0.15, 0.2) is 0 Å². The van der Waals surface area contributed by atoms with Crippen LogP contribution < -0.4 is 4.74 Å². The summed E-state index contributed by atoms with van der Waals surface area (Å²) < 4.78 is 20.2. The molecule has 0 saturated carbocycles. The van der Waals surface area contributed by atoms with E-state index in [1.54, 1.807) is 0 Å². The molecule has 0 bridgehead atoms. The molecule has 1 fully saturated rings. The van der Waals surface area contributed by atoms with Gasteiger partial charge in [0.25, 0.3) is 0 Å². The van der Waals surface area contributed by atoms with Crippen LogP contribution in [0.4, 0.5) is 0 Å². The molecule has 7 heteroatoms. The van der Waals surface area contributed by atoms with Crippen LogP contribution in [0.3, 0.4) is 0 Å². The number of hydrogen-bond donors (Lipinski definition) is 1. The Bertz CT molecular complexity index is 1090. The number of hydrogen-bond acceptors (Lipinski definition) is 6. The maximum atomic E-state index is 10.9. The largest absolute Gasteiger partial charge is 0.439 e. The topological polar surface area (TPSA) is 69.0 Å². The minimum Gasteiger partial charge on any atom is -0.439 e. The van der Waals surface area contributed by atoms with E-state index in [1.807, 2.05) is 86.1 Å². The van der Waals surface area contributed by atoms with Crippen LogP contribution in [0.1, 0.15) is 51.8 Å². The van der Waals surface area contributed by atoms with Gasteiger partial charge in [-0.3, -0.25) is 4.90 Å². The summed E-state index contributed by atoms with van der Waals surface area (Å²) in [6, 6.07) is 19.9. The van der Waals surface area contributed by atoms with E-state index in [0.717, 1.165) is 55.1 Å². The summed E-state index contributed by atoms with van der Waals surface area (Å²) >= 11 is 0. The number of aromatic nitrogens is 2. The Kier molecular flexibility index (Phi) is 9.38. The van der Waals surface area contributed by atoms with Crippen LogP contribution in [0.2, 0.25) is 0 Å². The predicted octanol–water partition coefficient (Wildman–Crippen LogP) is 5.38. The average molecular weight is 508 g/mol. The molecule has 0 spiro atoms. The molecule has 1 aromatic heterocycles. The van der Waals surface area contributed by atoms with Crippen LogP contribution in [0.25, 0.3) is 5.69 Å². The van der Waals surface area contributed by atoms with Crippen LogP contribution >= 0.6 is 0 Å². The van der Waals surface area contributed by atoms with E-state index < -0.39 is 6.10 Å². The molecule has 2 heterocycles. The Morgan fingerprint density at radius 1 is 1.11 bits per heavy atom. The first kappa shape index (κ1) is 27.3. The van der Waals surface area contributed by atoms with Gasteiger partial charge in [0.1, 0.15) is 5.75 Å². The van der Waals surface area contributed by atoms with Crippen LogP contribution in [-0.4, -0.2) is 63.9 Å². The molecule has 37 heavy (non-hydrogen) atoms. The van der Waals surface area contributed by atoms with Gasteiger partial charge in [-0.15, -0.1) is 0 Å². The van der Waals surface area contributed by atoms with Crippen molar-refractivity contribution in [1.29, 1.82) is 0 Å². The van der Waals surface area contributed by atoms with E-state index in [4.69, 9.17) is 19.3 Å². The van der Waals surface area contributed by atoms with Gasteiger partial charge in [-0.2, -0.15) is 5.10 Å². The van der Waals surface area contributed by atoms with Crippen LogP contribution in [0.5, 0.6) is 11.6 Å². The standard InChI is InChI=1S/C30H41N3O4/c1-5-28-27(21-32(20-26-17-12-18-35-26)19-24(34)22-36-30(2,3)4)29(37-25-15-10-7-11-16-25)33(31-28)23-13-8-6-9-14-23/h6-11,13-16,24,26,34H,5,12,17-22H2,1-4H3. The summed E-state index contributed by atoms with van der Waals surface area (Å²) in [5.41, 5.74) is 2.65. The van der Waals surface area contributed by atoms with Crippen LogP contribution in [0.15, 0.2) is 60.7 Å². The number of ether oxygens (including phenoxy) is 3. The van der Waals surface area contributed by atoms with E-state index >= 15 is 0 Å². The fourth-order valence-corrected chi connectivity index (χ4v) is 4.57. The van der Waals surface area contributed by atoms with Crippen molar-refractivity contribution in [3.63, 3.8) is 0 Å². The van der Waals surface area contributed by atoms with E-state index in [9.17, 15) is 5.11 Å². The van der Waals surface area contributed by atoms with E-state index in [1.165, 1.54) is 0 Å². The Hall–Kier alpha value is -2.71. The van der Waals surface area contributed by atoms with Gasteiger partial charge in [-0.05, 0) is 64.3 Å². The summed E-state index contributed by atoms with van der Waals surface area (Å²) in [5, 5.41) is 15.9. The predicted molar refractivity (Wildman–Crippen MR) is 145 cm³/mol. The van der Waals surface area contributed by atoms with Crippen molar-refractivity contribution in [3.8, 4) is 17.3 Å². The third kappa shape index (κ3) is 7.89. The number of benzene rings is 2. The second kappa shape index (κ2) is 12.7. The summed E-state index contributed by atoms with van der Waals surface area (Å²) in [6.07, 6.45) is 2.41. The third-order valence-electron chi connectivity index (χ3n) is 6.36. The zero-order chi connectivity index (χ0) is 26.3. The first-order valence-electron chi connectivity index (χ1n) is 13.4. The fourth-order valence-electron chi connectivity index (χ4n) is 4.57. The van der Waals surface area contributed by atoms with Crippen molar-refractivity contribution in [1.82, 2.24) is 14.7 Å². The lowest BCUT2D eigenvalue weighted by Gasteiger charge is -2.29. The molecule has 1 aliphatic rings. The lowest BCUT2D eigenvalue weighted by Crippen LogP contribution is -2.40. The highest BCUT2D eigenvalue weighted by atomic mass is 16.5. The highest BCUT2D eigenvalue weighted by Gasteiger charge is 2.27. The summed E-state index contributed by atoms with van der Waals surface area (Å²) in [4.78, 5) is 2.26. The molecule has 0 radical (unpaired) electrons. The molecule has 2 unspecified atom stereocenters. The Morgan fingerprint density at radius 3 is 2.43 bits per heavy atom. The number of nitrogens with zero attached hydrogens (tertiary/aromatic N) is 3. The maximum absolute atomic E-state index is 10.9. The first-order chi connectivity index (χ1) is 17.8. The van der Waals surface area contributed by atoms with Crippen LogP contribution in [-0.2, 0) is 22.4 Å². The normalized spacial score (nSPS) is 16.9. The Balaban J connectivity index is 1.66. The Labute approximate surface area is 221 Å². The first-order valence-corrected chi connectivity index (χ1v) is 13.4.